The summed E-state index contributed by atoms with van der Waals surface area (Å²) in [6.45, 7) is 2.57. The lowest BCUT2D eigenvalue weighted by Gasteiger charge is -2.26. The Balaban J connectivity index is 1.97. The topological polar surface area (TPSA) is 75.6 Å². The van der Waals surface area contributed by atoms with Gasteiger partial charge in [0.2, 0.25) is 10.0 Å². The van der Waals surface area contributed by atoms with Gasteiger partial charge in [0, 0.05) is 24.6 Å². The van der Waals surface area contributed by atoms with Gasteiger partial charge >= 0.3 is 0 Å². The third-order valence-corrected chi connectivity index (χ3v) is 6.30. The van der Waals surface area contributed by atoms with Gasteiger partial charge in [-0.15, -0.1) is 11.3 Å². The molecule has 0 unspecified atom stereocenters. The van der Waals surface area contributed by atoms with Gasteiger partial charge in [0.05, 0.1) is 5.25 Å². The molecule has 0 aromatic carbocycles. The maximum atomic E-state index is 12.1. The number of rotatable bonds is 5. The predicted octanol–water partition coefficient (Wildman–Crippen LogP) is 1.05. The van der Waals surface area contributed by atoms with Crippen LogP contribution in [0.2, 0.25) is 0 Å². The number of sulfonamides is 1. The molecule has 0 aliphatic carbocycles. The van der Waals surface area contributed by atoms with E-state index in [0.29, 0.717) is 26.1 Å². The van der Waals surface area contributed by atoms with Crippen molar-refractivity contribution in [2.45, 2.75) is 30.6 Å². The van der Waals surface area contributed by atoms with Crippen LogP contribution in [0.25, 0.3) is 0 Å². The maximum Gasteiger partial charge on any atom is 0.214 e. The van der Waals surface area contributed by atoms with Crippen molar-refractivity contribution in [3.05, 3.63) is 22.4 Å². The van der Waals surface area contributed by atoms with E-state index >= 15 is 0 Å². The van der Waals surface area contributed by atoms with Gasteiger partial charge in [0.25, 0.3) is 0 Å². The third kappa shape index (κ3) is 3.76. The Kier molecular flexibility index (Phi) is 4.62. The molecule has 2 heterocycles. The number of ether oxygens (including phenoxy) is 1. The molecule has 2 N–H and O–H groups in total. The second kappa shape index (κ2) is 5.88. The Morgan fingerprint density at radius 1 is 1.53 bits per heavy atom. The number of hydrogen-bond acceptors (Lipinski definition) is 5. The highest BCUT2D eigenvalue weighted by Crippen LogP contribution is 2.25. The average molecular weight is 305 g/mol. The van der Waals surface area contributed by atoms with Crippen LogP contribution in [0.15, 0.2) is 17.5 Å². The Morgan fingerprint density at radius 2 is 2.21 bits per heavy atom. The standard InChI is InChI=1S/C12H19NO4S2/c1-12(14,11-3-2-8-18-11)9-13-19(15,16)10-4-6-17-7-5-10/h2-3,8,10,13-14H,4-7,9H2,1H3/t12-/m1/s1. The molecule has 2 rings (SSSR count). The number of aliphatic hydroxyl groups is 1. The molecule has 7 heteroatoms. The number of thiophene rings is 1. The van der Waals surface area contributed by atoms with Crippen LogP contribution in [0.3, 0.4) is 0 Å². The molecule has 108 valence electrons. The first-order valence-corrected chi connectivity index (χ1v) is 8.67. The van der Waals surface area contributed by atoms with Crippen LogP contribution in [0.1, 0.15) is 24.6 Å². The van der Waals surface area contributed by atoms with Crippen molar-refractivity contribution in [1.29, 1.82) is 0 Å². The zero-order valence-electron chi connectivity index (χ0n) is 10.8. The van der Waals surface area contributed by atoms with Gasteiger partial charge in [-0.05, 0) is 31.2 Å². The minimum absolute atomic E-state index is 0.00674. The molecule has 1 saturated heterocycles. The van der Waals surface area contributed by atoms with Crippen LogP contribution in [0.5, 0.6) is 0 Å². The lowest BCUT2D eigenvalue weighted by atomic mass is 10.1. The molecule has 1 aliphatic heterocycles. The van der Waals surface area contributed by atoms with E-state index in [2.05, 4.69) is 4.72 Å². The van der Waals surface area contributed by atoms with Crippen LogP contribution < -0.4 is 4.72 Å². The van der Waals surface area contributed by atoms with Crippen LogP contribution in [0.4, 0.5) is 0 Å². The Hall–Kier alpha value is -0.470. The summed E-state index contributed by atoms with van der Waals surface area (Å²) in [4.78, 5) is 0.752. The first-order chi connectivity index (χ1) is 8.92. The summed E-state index contributed by atoms with van der Waals surface area (Å²) in [6.07, 6.45) is 1.02. The van der Waals surface area contributed by atoms with Gasteiger partial charge in [0.15, 0.2) is 0 Å². The van der Waals surface area contributed by atoms with E-state index in [1.807, 2.05) is 11.4 Å². The van der Waals surface area contributed by atoms with Crippen molar-refractivity contribution in [3.63, 3.8) is 0 Å². The van der Waals surface area contributed by atoms with E-state index < -0.39 is 20.9 Å². The lowest BCUT2D eigenvalue weighted by molar-refractivity contribution is 0.0660. The molecule has 0 spiro atoms. The van der Waals surface area contributed by atoms with Crippen LogP contribution in [0, 0.1) is 0 Å². The fourth-order valence-corrected chi connectivity index (χ4v) is 4.34. The Morgan fingerprint density at radius 3 is 2.79 bits per heavy atom. The van der Waals surface area contributed by atoms with E-state index in [0.717, 1.165) is 4.88 Å². The van der Waals surface area contributed by atoms with E-state index in [4.69, 9.17) is 4.74 Å². The second-order valence-electron chi connectivity index (χ2n) is 4.93. The van der Waals surface area contributed by atoms with Gasteiger partial charge in [-0.1, -0.05) is 6.07 Å². The highest BCUT2D eigenvalue weighted by molar-refractivity contribution is 7.90. The minimum atomic E-state index is -3.39. The summed E-state index contributed by atoms with van der Waals surface area (Å²) < 4.78 is 31.9. The van der Waals surface area contributed by atoms with E-state index in [-0.39, 0.29) is 6.54 Å². The molecule has 0 amide bonds. The van der Waals surface area contributed by atoms with Crippen molar-refractivity contribution < 1.29 is 18.3 Å². The molecule has 1 atom stereocenters. The summed E-state index contributed by atoms with van der Waals surface area (Å²) in [7, 11) is -3.39. The molecule has 0 saturated carbocycles. The average Bonchev–Trinajstić information content (AvgIpc) is 2.93. The summed E-state index contributed by atoms with van der Waals surface area (Å²) in [5.41, 5.74) is -1.17. The van der Waals surface area contributed by atoms with Gasteiger partial charge in [-0.3, -0.25) is 0 Å². The fraction of sp³-hybridized carbons (Fsp3) is 0.667. The quantitative estimate of drug-likeness (QED) is 0.853. The second-order valence-corrected chi connectivity index (χ2v) is 7.92. The SMILES string of the molecule is C[C@@](O)(CNS(=O)(=O)C1CCOCC1)c1cccs1. The van der Waals surface area contributed by atoms with Crippen molar-refractivity contribution in [3.8, 4) is 0 Å². The van der Waals surface area contributed by atoms with Gasteiger partial charge in [-0.25, -0.2) is 13.1 Å². The Bertz CT molecular complexity index is 490. The molecular formula is C12H19NO4S2. The maximum absolute atomic E-state index is 12.1. The van der Waals surface area contributed by atoms with Crippen molar-refractivity contribution in [2.24, 2.45) is 0 Å². The summed E-state index contributed by atoms with van der Waals surface area (Å²) in [5.74, 6) is 0. The molecular weight excluding hydrogens is 286 g/mol. The van der Waals surface area contributed by atoms with Gasteiger partial charge in [0.1, 0.15) is 5.60 Å². The lowest BCUT2D eigenvalue weighted by Crippen LogP contribution is -2.43. The summed E-state index contributed by atoms with van der Waals surface area (Å²) in [5, 5.41) is 11.7. The summed E-state index contributed by atoms with van der Waals surface area (Å²) >= 11 is 1.41. The molecule has 19 heavy (non-hydrogen) atoms. The third-order valence-electron chi connectivity index (χ3n) is 3.28. The van der Waals surface area contributed by atoms with E-state index in [9.17, 15) is 13.5 Å². The largest absolute Gasteiger partial charge is 0.383 e. The van der Waals surface area contributed by atoms with Crippen molar-refractivity contribution >= 4 is 21.4 Å². The van der Waals surface area contributed by atoms with Gasteiger partial charge in [-0.2, -0.15) is 0 Å². The van der Waals surface area contributed by atoms with E-state index in [1.54, 1.807) is 13.0 Å². The first-order valence-electron chi connectivity index (χ1n) is 6.24. The molecule has 1 aliphatic rings. The van der Waals surface area contributed by atoms with Crippen LogP contribution >= 0.6 is 11.3 Å². The predicted molar refractivity (Wildman–Crippen MR) is 74.7 cm³/mol. The zero-order chi connectivity index (χ0) is 13.9. The highest BCUT2D eigenvalue weighted by Gasteiger charge is 2.31. The van der Waals surface area contributed by atoms with Crippen LogP contribution in [-0.4, -0.2) is 38.5 Å². The van der Waals surface area contributed by atoms with E-state index in [1.165, 1.54) is 11.3 Å². The van der Waals surface area contributed by atoms with Crippen molar-refractivity contribution in [2.75, 3.05) is 19.8 Å². The number of nitrogens with one attached hydrogen (secondary N) is 1. The Labute approximate surface area is 117 Å². The molecule has 0 bridgehead atoms. The fourth-order valence-electron chi connectivity index (χ4n) is 2.02. The smallest absolute Gasteiger partial charge is 0.214 e. The van der Waals surface area contributed by atoms with Gasteiger partial charge < -0.3 is 9.84 Å². The molecule has 0 radical (unpaired) electrons. The minimum Gasteiger partial charge on any atom is -0.383 e. The molecule has 1 fully saturated rings. The molecule has 1 aromatic heterocycles. The normalized spacial score (nSPS) is 21.2. The first kappa shape index (κ1) is 14.9. The van der Waals surface area contributed by atoms with Crippen molar-refractivity contribution in [1.82, 2.24) is 4.72 Å². The molecule has 1 aromatic rings. The monoisotopic (exact) mass is 305 g/mol. The molecule has 5 nitrogen and oxygen atoms in total. The zero-order valence-corrected chi connectivity index (χ0v) is 12.5. The summed E-state index contributed by atoms with van der Waals surface area (Å²) in [6, 6.07) is 3.63. The van der Waals surface area contributed by atoms with Crippen LogP contribution in [-0.2, 0) is 20.4 Å². The number of hydrogen-bond donors (Lipinski definition) is 2. The highest BCUT2D eigenvalue weighted by atomic mass is 32.2.